The largest absolute Gasteiger partial charge is 0.417 e. The van der Waals surface area contributed by atoms with E-state index in [0.29, 0.717) is 0 Å². The third kappa shape index (κ3) is 3.65. The molecule has 3 heterocycles. The van der Waals surface area contributed by atoms with Crippen LogP contribution >= 0.6 is 11.6 Å². The molecule has 0 amide bonds. The Kier molecular flexibility index (Phi) is 4.30. The maximum atomic E-state index is 12.9. The molecule has 5 nitrogen and oxygen atoms in total. The van der Waals surface area contributed by atoms with Gasteiger partial charge < -0.3 is 8.92 Å². The minimum atomic E-state index is -4.61. The van der Waals surface area contributed by atoms with Gasteiger partial charge in [-0.15, -0.1) is 0 Å². The molecule has 0 atom stereocenters. The highest BCUT2D eigenvalue weighted by Crippen LogP contribution is 2.34. The Morgan fingerprint density at radius 1 is 0.897 bits per heavy atom. The monoisotopic (exact) mass is 432 g/mol. The van der Waals surface area contributed by atoms with Gasteiger partial charge in [-0.3, -0.25) is 0 Å². The van der Waals surface area contributed by atoms with Gasteiger partial charge >= 0.3 is 12.4 Å². The summed E-state index contributed by atoms with van der Waals surface area (Å²) in [6.45, 7) is 0. The quantitative estimate of drug-likeness (QED) is 0.379. The van der Waals surface area contributed by atoms with Crippen molar-refractivity contribution >= 4 is 17.2 Å². The van der Waals surface area contributed by atoms with Gasteiger partial charge in [-0.1, -0.05) is 28.9 Å². The van der Waals surface area contributed by atoms with Gasteiger partial charge in [0.15, 0.2) is 5.65 Å². The highest BCUT2D eigenvalue weighted by Gasteiger charge is 2.32. The van der Waals surface area contributed by atoms with Gasteiger partial charge in [-0.05, 0) is 18.2 Å². The number of imidazole rings is 1. The summed E-state index contributed by atoms with van der Waals surface area (Å²) < 4.78 is 83.4. The van der Waals surface area contributed by atoms with Crippen LogP contribution in [0.4, 0.5) is 26.3 Å². The van der Waals surface area contributed by atoms with Gasteiger partial charge in [0.05, 0.1) is 16.1 Å². The van der Waals surface area contributed by atoms with Crippen LogP contribution in [-0.4, -0.2) is 19.5 Å². The van der Waals surface area contributed by atoms with E-state index in [1.165, 1.54) is 18.3 Å². The first-order valence-electron chi connectivity index (χ1n) is 7.79. The third-order valence-electron chi connectivity index (χ3n) is 3.93. The summed E-state index contributed by atoms with van der Waals surface area (Å²) in [6, 6.07) is 5.03. The summed E-state index contributed by atoms with van der Waals surface area (Å²) >= 11 is 5.87. The molecule has 0 aliphatic rings. The molecule has 0 aliphatic heterocycles. The molecule has 0 bridgehead atoms. The van der Waals surface area contributed by atoms with E-state index < -0.39 is 23.5 Å². The third-order valence-corrected chi connectivity index (χ3v) is 4.21. The van der Waals surface area contributed by atoms with Crippen molar-refractivity contribution in [3.05, 3.63) is 58.9 Å². The Morgan fingerprint density at radius 2 is 1.62 bits per heavy atom. The Labute approximate surface area is 162 Å². The van der Waals surface area contributed by atoms with Crippen LogP contribution in [-0.2, 0) is 12.4 Å². The number of fused-ring (bicyclic) bond motifs is 1. The molecule has 0 fully saturated rings. The van der Waals surface area contributed by atoms with E-state index in [2.05, 4.69) is 15.1 Å². The zero-order chi connectivity index (χ0) is 21.0. The zero-order valence-corrected chi connectivity index (χ0v) is 14.6. The first-order valence-corrected chi connectivity index (χ1v) is 8.17. The molecule has 1 aromatic carbocycles. The topological polar surface area (TPSA) is 56.2 Å². The predicted octanol–water partition coefficient (Wildman–Crippen LogP) is 5.74. The standard InChI is InChI=1S/C17H7ClF6N4O/c18-11-5-10(17(22,23)24)6-28-7-12(25-14(11)28)15-26-13(27-29-15)8-2-1-3-9(4-8)16(19,20)21/h1-7H. The van der Waals surface area contributed by atoms with Crippen LogP contribution in [0.25, 0.3) is 28.6 Å². The summed E-state index contributed by atoms with van der Waals surface area (Å²) in [5, 5.41) is 3.37. The second kappa shape index (κ2) is 6.48. The second-order valence-corrected chi connectivity index (χ2v) is 6.34. The van der Waals surface area contributed by atoms with Crippen LogP contribution in [0.3, 0.4) is 0 Å². The highest BCUT2D eigenvalue weighted by atomic mass is 35.5. The van der Waals surface area contributed by atoms with Crippen LogP contribution in [0.2, 0.25) is 5.02 Å². The van der Waals surface area contributed by atoms with Crippen molar-refractivity contribution in [1.82, 2.24) is 19.5 Å². The number of nitrogens with zero attached hydrogens (tertiary/aromatic N) is 4. The molecule has 29 heavy (non-hydrogen) atoms. The van der Waals surface area contributed by atoms with Crippen molar-refractivity contribution in [2.75, 3.05) is 0 Å². The number of benzene rings is 1. The molecule has 0 unspecified atom stereocenters. The number of hydrogen-bond donors (Lipinski definition) is 0. The molecule has 4 rings (SSSR count). The van der Waals surface area contributed by atoms with Gasteiger partial charge in [0.25, 0.3) is 5.89 Å². The van der Waals surface area contributed by atoms with Crippen LogP contribution in [0, 0.1) is 0 Å². The van der Waals surface area contributed by atoms with Gasteiger partial charge in [0, 0.05) is 18.0 Å². The molecule has 0 spiro atoms. The first kappa shape index (κ1) is 19.2. The average molecular weight is 433 g/mol. The zero-order valence-electron chi connectivity index (χ0n) is 13.9. The fraction of sp³-hybridized carbons (Fsp3) is 0.118. The minimum Gasteiger partial charge on any atom is -0.332 e. The first-order chi connectivity index (χ1) is 13.5. The molecule has 150 valence electrons. The minimum absolute atomic E-state index is 0.0111. The van der Waals surface area contributed by atoms with E-state index in [9.17, 15) is 26.3 Å². The van der Waals surface area contributed by atoms with E-state index >= 15 is 0 Å². The molecular weight excluding hydrogens is 426 g/mol. The number of hydrogen-bond acceptors (Lipinski definition) is 4. The number of rotatable bonds is 2. The normalized spacial score (nSPS) is 12.7. The maximum Gasteiger partial charge on any atom is 0.417 e. The van der Waals surface area contributed by atoms with Crippen molar-refractivity contribution in [1.29, 1.82) is 0 Å². The Hall–Kier alpha value is -3.08. The van der Waals surface area contributed by atoms with Crippen molar-refractivity contribution in [3.63, 3.8) is 0 Å². The molecule has 0 radical (unpaired) electrons. The van der Waals surface area contributed by atoms with Crippen LogP contribution < -0.4 is 0 Å². The Balaban J connectivity index is 1.73. The van der Waals surface area contributed by atoms with E-state index in [1.807, 2.05) is 0 Å². The molecule has 0 saturated heterocycles. The molecular formula is C17H7ClF6N4O. The second-order valence-electron chi connectivity index (χ2n) is 5.93. The van der Waals surface area contributed by atoms with E-state index in [1.54, 1.807) is 0 Å². The van der Waals surface area contributed by atoms with Gasteiger partial charge in [0.2, 0.25) is 5.82 Å². The fourth-order valence-corrected chi connectivity index (χ4v) is 2.85. The van der Waals surface area contributed by atoms with E-state index in [0.717, 1.165) is 28.8 Å². The van der Waals surface area contributed by atoms with Crippen molar-refractivity contribution in [2.24, 2.45) is 0 Å². The van der Waals surface area contributed by atoms with Crippen molar-refractivity contribution in [3.8, 4) is 23.0 Å². The summed E-state index contributed by atoms with van der Waals surface area (Å²) in [6.07, 6.45) is -7.16. The molecule has 3 aromatic heterocycles. The predicted molar refractivity (Wildman–Crippen MR) is 88.9 cm³/mol. The Bertz CT molecular complexity index is 1210. The number of aromatic nitrogens is 4. The van der Waals surface area contributed by atoms with Gasteiger partial charge in [-0.2, -0.15) is 31.3 Å². The highest BCUT2D eigenvalue weighted by molar-refractivity contribution is 6.33. The molecule has 4 aromatic rings. The SMILES string of the molecule is FC(F)(F)c1cccc(-c2noc(-c3cn4cc(C(F)(F)F)cc(Cl)c4n3)n2)c1. The number of pyridine rings is 1. The summed E-state index contributed by atoms with van der Waals surface area (Å²) in [7, 11) is 0. The average Bonchev–Trinajstić information content (AvgIpc) is 3.27. The van der Waals surface area contributed by atoms with Crippen molar-refractivity contribution < 1.29 is 30.9 Å². The van der Waals surface area contributed by atoms with Crippen LogP contribution in [0.5, 0.6) is 0 Å². The van der Waals surface area contributed by atoms with Gasteiger partial charge in [-0.25, -0.2) is 4.98 Å². The number of alkyl halides is 6. The lowest BCUT2D eigenvalue weighted by atomic mass is 10.1. The lowest BCUT2D eigenvalue weighted by Gasteiger charge is -2.07. The lowest BCUT2D eigenvalue weighted by Crippen LogP contribution is -2.06. The van der Waals surface area contributed by atoms with E-state index in [-0.39, 0.29) is 33.6 Å². The van der Waals surface area contributed by atoms with E-state index in [4.69, 9.17) is 16.1 Å². The van der Waals surface area contributed by atoms with Gasteiger partial charge in [0.1, 0.15) is 5.69 Å². The molecule has 0 aliphatic carbocycles. The summed E-state index contributed by atoms with van der Waals surface area (Å²) in [5.74, 6) is -0.323. The summed E-state index contributed by atoms with van der Waals surface area (Å²) in [5.41, 5.74) is -1.78. The Morgan fingerprint density at radius 3 is 2.31 bits per heavy atom. The lowest BCUT2D eigenvalue weighted by molar-refractivity contribution is -0.138. The fourth-order valence-electron chi connectivity index (χ4n) is 2.59. The molecule has 0 saturated carbocycles. The van der Waals surface area contributed by atoms with Crippen LogP contribution in [0.1, 0.15) is 11.1 Å². The summed E-state index contributed by atoms with van der Waals surface area (Å²) in [4.78, 5) is 8.04. The smallest absolute Gasteiger partial charge is 0.332 e. The van der Waals surface area contributed by atoms with Crippen LogP contribution in [0.15, 0.2) is 47.2 Å². The molecule has 0 N–H and O–H groups in total. The number of halogens is 7. The molecule has 12 heteroatoms. The van der Waals surface area contributed by atoms with Crippen molar-refractivity contribution in [2.45, 2.75) is 12.4 Å². The maximum absolute atomic E-state index is 12.9.